The van der Waals surface area contributed by atoms with Gasteiger partial charge < -0.3 is 4.55 Å². The van der Waals surface area contributed by atoms with Crippen LogP contribution in [0.4, 0.5) is 0 Å². The van der Waals surface area contributed by atoms with Crippen LogP contribution in [0.2, 0.25) is 0 Å². The molecule has 23 heavy (non-hydrogen) atoms. The van der Waals surface area contributed by atoms with Crippen LogP contribution >= 0.6 is 0 Å². The zero-order valence-electron chi connectivity index (χ0n) is 12.9. The first kappa shape index (κ1) is 19.2. The standard InChI is InChI=1S/C9H12O3S.C5H7N2O2S/c1-6-4-7(2)9(8(3)5-6)13(10,11)12;6-10(8,9)7-4-2-1-3-5-7/h4-5H,1-3H3,(H,10,11,12);1-5H,(H2,6,8,9)/q;+1/p-1. The normalized spacial score (nSPS) is 11.5. The molecule has 0 amide bonds. The fourth-order valence-electron chi connectivity index (χ4n) is 2.11. The third-order valence-electron chi connectivity index (χ3n) is 2.84. The Balaban J connectivity index is 0.000000238. The smallest absolute Gasteiger partial charge is 0.442 e. The molecule has 7 nitrogen and oxygen atoms in total. The van der Waals surface area contributed by atoms with E-state index in [0.717, 1.165) is 9.54 Å². The summed E-state index contributed by atoms with van der Waals surface area (Å²) in [5.74, 6) is 0. The van der Waals surface area contributed by atoms with E-state index in [1.165, 1.54) is 12.4 Å². The predicted octanol–water partition coefficient (Wildman–Crippen LogP) is 0.542. The van der Waals surface area contributed by atoms with Crippen molar-refractivity contribution in [3.63, 3.8) is 0 Å². The van der Waals surface area contributed by atoms with E-state index in [0.29, 0.717) is 11.1 Å². The largest absolute Gasteiger partial charge is 0.744 e. The van der Waals surface area contributed by atoms with Crippen LogP contribution in [-0.4, -0.2) is 21.4 Å². The van der Waals surface area contributed by atoms with Crippen LogP contribution in [0.5, 0.6) is 0 Å². The van der Waals surface area contributed by atoms with E-state index in [-0.39, 0.29) is 4.90 Å². The van der Waals surface area contributed by atoms with Crippen molar-refractivity contribution in [2.75, 3.05) is 0 Å². The van der Waals surface area contributed by atoms with Crippen molar-refractivity contribution in [3.8, 4) is 0 Å². The minimum absolute atomic E-state index is 0.0851. The second-order valence-corrected chi connectivity index (χ2v) is 7.70. The molecular formula is C14H18N2O5S2. The predicted molar refractivity (Wildman–Crippen MR) is 83.8 cm³/mol. The van der Waals surface area contributed by atoms with Crippen LogP contribution in [0.3, 0.4) is 0 Å². The Kier molecular flexibility index (Phi) is 6.00. The maximum Gasteiger partial charge on any atom is 0.442 e. The number of hydrogen-bond donors (Lipinski definition) is 1. The highest BCUT2D eigenvalue weighted by Crippen LogP contribution is 2.20. The molecule has 1 heterocycles. The molecule has 0 aliphatic heterocycles. The number of rotatable bonds is 2. The summed E-state index contributed by atoms with van der Waals surface area (Å²) in [4.78, 5) is -0.0851. The van der Waals surface area contributed by atoms with Crippen molar-refractivity contribution >= 4 is 20.3 Å². The van der Waals surface area contributed by atoms with Crippen molar-refractivity contribution in [3.05, 3.63) is 59.4 Å². The fourth-order valence-corrected chi connectivity index (χ4v) is 3.50. The summed E-state index contributed by atoms with van der Waals surface area (Å²) in [6, 6.07) is 8.27. The molecule has 2 rings (SSSR count). The average molecular weight is 358 g/mol. The summed E-state index contributed by atoms with van der Waals surface area (Å²) in [6.45, 7) is 5.12. The number of nitrogens with zero attached hydrogens (tertiary/aromatic N) is 1. The van der Waals surface area contributed by atoms with Gasteiger partial charge in [-0.1, -0.05) is 27.7 Å². The van der Waals surface area contributed by atoms with Crippen LogP contribution in [-0.2, 0) is 20.3 Å². The molecule has 0 aliphatic rings. The van der Waals surface area contributed by atoms with Crippen LogP contribution < -0.4 is 9.11 Å². The molecule has 126 valence electrons. The summed E-state index contributed by atoms with van der Waals surface area (Å²) in [5.41, 5.74) is 2.00. The summed E-state index contributed by atoms with van der Waals surface area (Å²) in [5, 5.41) is 4.79. The summed E-state index contributed by atoms with van der Waals surface area (Å²) in [7, 11) is -7.92. The molecule has 1 aromatic heterocycles. The lowest BCUT2D eigenvalue weighted by Crippen LogP contribution is -2.46. The Labute approximate surface area is 136 Å². The highest BCUT2D eigenvalue weighted by molar-refractivity contribution is 7.85. The third-order valence-corrected chi connectivity index (χ3v) is 4.81. The van der Waals surface area contributed by atoms with E-state index in [9.17, 15) is 21.4 Å². The molecule has 0 radical (unpaired) electrons. The number of hydrogen-bond acceptors (Lipinski definition) is 5. The molecule has 0 bridgehead atoms. The first-order valence-corrected chi connectivity index (χ1v) is 9.37. The second-order valence-electron chi connectivity index (χ2n) is 4.93. The third kappa shape index (κ3) is 5.71. The van der Waals surface area contributed by atoms with Gasteiger partial charge in [-0.05, 0) is 31.9 Å². The van der Waals surface area contributed by atoms with Gasteiger partial charge in [0.2, 0.25) is 0 Å². The lowest BCUT2D eigenvalue weighted by atomic mass is 10.1. The average Bonchev–Trinajstić information content (AvgIpc) is 2.36. The van der Waals surface area contributed by atoms with E-state index >= 15 is 0 Å². The first-order chi connectivity index (χ1) is 10.4. The number of benzene rings is 1. The van der Waals surface area contributed by atoms with Gasteiger partial charge in [-0.15, -0.1) is 8.42 Å². The highest BCUT2D eigenvalue weighted by atomic mass is 32.2. The zero-order chi connectivity index (χ0) is 17.8. The van der Waals surface area contributed by atoms with Crippen LogP contribution in [0.25, 0.3) is 0 Å². The Morgan fingerprint density at radius 3 is 1.65 bits per heavy atom. The van der Waals surface area contributed by atoms with E-state index in [4.69, 9.17) is 5.14 Å². The lowest BCUT2D eigenvalue weighted by Gasteiger charge is -2.14. The van der Waals surface area contributed by atoms with Gasteiger partial charge in [0.15, 0.2) is 12.4 Å². The molecule has 0 fully saturated rings. The molecule has 0 spiro atoms. The second kappa shape index (κ2) is 7.18. The Morgan fingerprint density at radius 2 is 1.35 bits per heavy atom. The van der Waals surface area contributed by atoms with Gasteiger partial charge in [0.05, 0.1) is 4.90 Å². The fraction of sp³-hybridized carbons (Fsp3) is 0.214. The molecule has 0 saturated heterocycles. The topological polar surface area (TPSA) is 121 Å². The minimum Gasteiger partial charge on any atom is -0.744 e. The summed E-state index contributed by atoms with van der Waals surface area (Å²) in [6.07, 6.45) is 2.74. The molecule has 2 N–H and O–H groups in total. The minimum atomic E-state index is -4.33. The van der Waals surface area contributed by atoms with Crippen LogP contribution in [0, 0.1) is 20.8 Å². The molecular weight excluding hydrogens is 340 g/mol. The summed E-state index contributed by atoms with van der Waals surface area (Å²) >= 11 is 0. The van der Waals surface area contributed by atoms with Crippen molar-refractivity contribution < 1.29 is 25.4 Å². The van der Waals surface area contributed by atoms with Gasteiger partial charge in [0.25, 0.3) is 0 Å². The monoisotopic (exact) mass is 358 g/mol. The molecule has 1 aromatic carbocycles. The van der Waals surface area contributed by atoms with E-state index in [1.807, 2.05) is 6.92 Å². The van der Waals surface area contributed by atoms with Crippen LogP contribution in [0.1, 0.15) is 16.7 Å². The van der Waals surface area contributed by atoms with E-state index in [1.54, 1.807) is 44.2 Å². The molecule has 0 aliphatic carbocycles. The van der Waals surface area contributed by atoms with E-state index in [2.05, 4.69) is 0 Å². The van der Waals surface area contributed by atoms with Crippen molar-refractivity contribution in [1.82, 2.24) is 0 Å². The molecule has 0 atom stereocenters. The number of aryl methyl sites for hydroxylation is 3. The lowest BCUT2D eigenvalue weighted by molar-refractivity contribution is -0.511. The van der Waals surface area contributed by atoms with Gasteiger partial charge in [-0.3, -0.25) is 0 Å². The van der Waals surface area contributed by atoms with Crippen molar-refractivity contribution in [1.29, 1.82) is 0 Å². The maximum atomic E-state index is 10.8. The first-order valence-electron chi connectivity index (χ1n) is 6.46. The Bertz CT molecular complexity index is 869. The van der Waals surface area contributed by atoms with E-state index < -0.39 is 20.3 Å². The van der Waals surface area contributed by atoms with Gasteiger partial charge in [0, 0.05) is 12.1 Å². The molecule has 2 aromatic rings. The molecule has 0 unspecified atom stereocenters. The Hall–Kier alpha value is -1.81. The van der Waals surface area contributed by atoms with Gasteiger partial charge in [-0.25, -0.2) is 8.42 Å². The van der Waals surface area contributed by atoms with Gasteiger partial charge in [0.1, 0.15) is 10.1 Å². The number of pyridine rings is 1. The highest BCUT2D eigenvalue weighted by Gasteiger charge is 2.11. The SMILES string of the molecule is Cc1cc(C)c(S(=O)(=O)[O-])c(C)c1.NS(=O)(=O)[n+]1ccccc1. The maximum absolute atomic E-state index is 10.8. The van der Waals surface area contributed by atoms with Gasteiger partial charge in [-0.2, -0.15) is 5.14 Å². The molecule has 9 heteroatoms. The van der Waals surface area contributed by atoms with Crippen molar-refractivity contribution in [2.45, 2.75) is 25.7 Å². The number of aromatic nitrogens is 1. The quantitative estimate of drug-likeness (QED) is 0.620. The van der Waals surface area contributed by atoms with Crippen molar-refractivity contribution in [2.24, 2.45) is 5.14 Å². The Morgan fingerprint density at radius 1 is 0.913 bits per heavy atom. The number of nitrogens with two attached hydrogens (primary N) is 1. The van der Waals surface area contributed by atoms with Gasteiger partial charge >= 0.3 is 10.2 Å². The van der Waals surface area contributed by atoms with Crippen LogP contribution in [0.15, 0.2) is 47.6 Å². The summed E-state index contributed by atoms with van der Waals surface area (Å²) < 4.78 is 54.6. The zero-order valence-corrected chi connectivity index (χ0v) is 14.6. The molecule has 0 saturated carbocycles.